The highest BCUT2D eigenvalue weighted by atomic mass is 14.2. The van der Waals surface area contributed by atoms with Gasteiger partial charge in [-0.15, -0.1) is 0 Å². The van der Waals surface area contributed by atoms with Gasteiger partial charge in [0.15, 0.2) is 0 Å². The van der Waals surface area contributed by atoms with E-state index in [-0.39, 0.29) is 0 Å². The van der Waals surface area contributed by atoms with Crippen molar-refractivity contribution in [3.63, 3.8) is 0 Å². The van der Waals surface area contributed by atoms with Crippen molar-refractivity contribution in [1.82, 2.24) is 0 Å². The van der Waals surface area contributed by atoms with Crippen LogP contribution in [-0.2, 0) is 0 Å². The van der Waals surface area contributed by atoms with Crippen LogP contribution in [0.2, 0.25) is 0 Å². The van der Waals surface area contributed by atoms with Gasteiger partial charge in [-0.3, -0.25) is 0 Å². The van der Waals surface area contributed by atoms with Crippen LogP contribution in [0.4, 0.5) is 0 Å². The van der Waals surface area contributed by atoms with Gasteiger partial charge in [-0.25, -0.2) is 0 Å². The van der Waals surface area contributed by atoms with Gasteiger partial charge in [-0.05, 0) is 93.1 Å². The molecule has 0 radical (unpaired) electrons. The summed E-state index contributed by atoms with van der Waals surface area (Å²) in [6.45, 7) is 6.48. The Balaban J connectivity index is 1.80. The summed E-state index contributed by atoms with van der Waals surface area (Å²) >= 11 is 0. The van der Waals surface area contributed by atoms with Gasteiger partial charge in [0.25, 0.3) is 0 Å². The number of aryl methyl sites for hydroxylation is 2. The highest BCUT2D eigenvalue weighted by molar-refractivity contribution is 6.13. The van der Waals surface area contributed by atoms with Crippen LogP contribution in [0.25, 0.3) is 32.7 Å². The summed E-state index contributed by atoms with van der Waals surface area (Å²) in [4.78, 5) is 0. The SMILES string of the molecule is C/C=C\C=C1/CC(c2cc(C)cc(C)c2)=c2ccccc2=C1c1cc2ccccc2c2ccccc12. The molecular formula is C36H30. The van der Waals surface area contributed by atoms with Gasteiger partial charge in [-0.1, -0.05) is 120 Å². The second-order valence-electron chi connectivity index (χ2n) is 9.86. The third-order valence-electron chi connectivity index (χ3n) is 7.31. The van der Waals surface area contributed by atoms with E-state index in [2.05, 4.69) is 136 Å². The van der Waals surface area contributed by atoms with E-state index in [1.165, 1.54) is 71.0 Å². The van der Waals surface area contributed by atoms with E-state index in [1.807, 2.05) is 0 Å². The maximum absolute atomic E-state index is 2.40. The molecule has 174 valence electrons. The number of allylic oxidation sites excluding steroid dienone is 4. The lowest BCUT2D eigenvalue weighted by Gasteiger charge is -2.23. The van der Waals surface area contributed by atoms with E-state index in [0.717, 1.165) is 6.42 Å². The molecule has 0 amide bonds. The van der Waals surface area contributed by atoms with Crippen LogP contribution < -0.4 is 10.4 Å². The van der Waals surface area contributed by atoms with E-state index in [9.17, 15) is 0 Å². The van der Waals surface area contributed by atoms with Crippen molar-refractivity contribution in [2.75, 3.05) is 0 Å². The smallest absolute Gasteiger partial charge is 0.000728 e. The summed E-state index contributed by atoms with van der Waals surface area (Å²) in [5.74, 6) is 0. The Bertz CT molecular complexity index is 1810. The van der Waals surface area contributed by atoms with Crippen LogP contribution in [0.1, 0.15) is 35.6 Å². The zero-order valence-corrected chi connectivity index (χ0v) is 21.2. The van der Waals surface area contributed by atoms with Gasteiger partial charge >= 0.3 is 0 Å². The van der Waals surface area contributed by atoms with E-state index < -0.39 is 0 Å². The summed E-state index contributed by atoms with van der Waals surface area (Å²) in [6.07, 6.45) is 7.53. The first kappa shape index (κ1) is 22.3. The molecule has 36 heavy (non-hydrogen) atoms. The minimum Gasteiger partial charge on any atom is -0.0877 e. The Hall–Kier alpha value is -4.16. The minimum absolute atomic E-state index is 0.904. The molecule has 0 heterocycles. The fraction of sp³-hybridized carbons (Fsp3) is 0.111. The second kappa shape index (κ2) is 9.13. The number of hydrogen-bond donors (Lipinski definition) is 0. The van der Waals surface area contributed by atoms with Gasteiger partial charge in [0.2, 0.25) is 0 Å². The zero-order chi connectivity index (χ0) is 24.6. The van der Waals surface area contributed by atoms with E-state index in [4.69, 9.17) is 0 Å². The molecule has 0 atom stereocenters. The monoisotopic (exact) mass is 462 g/mol. The average Bonchev–Trinajstić information content (AvgIpc) is 2.90. The molecule has 0 aliphatic heterocycles. The Morgan fingerprint density at radius 1 is 0.639 bits per heavy atom. The molecule has 0 spiro atoms. The average molecular weight is 463 g/mol. The molecule has 0 saturated carbocycles. The first-order chi connectivity index (χ1) is 17.6. The van der Waals surface area contributed by atoms with Crippen LogP contribution in [0.3, 0.4) is 0 Å². The third-order valence-corrected chi connectivity index (χ3v) is 7.31. The fourth-order valence-electron chi connectivity index (χ4n) is 5.85. The highest BCUT2D eigenvalue weighted by Crippen LogP contribution is 2.37. The van der Waals surface area contributed by atoms with Crippen molar-refractivity contribution in [3.8, 4) is 0 Å². The lowest BCUT2D eigenvalue weighted by molar-refractivity contribution is 1.21. The number of benzene rings is 5. The quantitative estimate of drug-likeness (QED) is 0.239. The normalized spacial score (nSPS) is 14.8. The Labute approximate surface area is 213 Å². The molecule has 0 bridgehead atoms. The Morgan fingerprint density at radius 2 is 1.28 bits per heavy atom. The fourth-order valence-corrected chi connectivity index (χ4v) is 5.85. The maximum atomic E-state index is 2.40. The lowest BCUT2D eigenvalue weighted by Crippen LogP contribution is -2.33. The van der Waals surface area contributed by atoms with Crippen molar-refractivity contribution in [2.45, 2.75) is 27.2 Å². The highest BCUT2D eigenvalue weighted by Gasteiger charge is 2.21. The number of rotatable bonds is 3. The summed E-state index contributed by atoms with van der Waals surface area (Å²) in [5.41, 5.74) is 9.37. The predicted molar refractivity (Wildman–Crippen MR) is 156 cm³/mol. The van der Waals surface area contributed by atoms with Crippen LogP contribution in [0.15, 0.2) is 121 Å². The molecule has 5 aromatic rings. The van der Waals surface area contributed by atoms with Gasteiger partial charge in [0.1, 0.15) is 0 Å². The molecule has 1 aliphatic rings. The van der Waals surface area contributed by atoms with Crippen molar-refractivity contribution >= 4 is 32.7 Å². The Kier molecular flexibility index (Phi) is 5.66. The lowest BCUT2D eigenvalue weighted by atomic mass is 9.80. The third kappa shape index (κ3) is 3.80. The van der Waals surface area contributed by atoms with Gasteiger partial charge in [0, 0.05) is 0 Å². The maximum Gasteiger partial charge on any atom is -0.000728 e. The molecule has 0 aromatic heterocycles. The van der Waals surface area contributed by atoms with Crippen LogP contribution in [-0.4, -0.2) is 0 Å². The van der Waals surface area contributed by atoms with Crippen molar-refractivity contribution in [1.29, 1.82) is 0 Å². The van der Waals surface area contributed by atoms with Crippen molar-refractivity contribution in [2.24, 2.45) is 0 Å². The zero-order valence-electron chi connectivity index (χ0n) is 21.2. The topological polar surface area (TPSA) is 0 Å². The number of fused-ring (bicyclic) bond motifs is 4. The van der Waals surface area contributed by atoms with Gasteiger partial charge < -0.3 is 0 Å². The second-order valence-corrected chi connectivity index (χ2v) is 9.86. The summed E-state index contributed by atoms with van der Waals surface area (Å²) in [5, 5.41) is 7.86. The largest absolute Gasteiger partial charge is 0.0877 e. The molecule has 0 saturated heterocycles. The molecule has 0 N–H and O–H groups in total. The molecule has 0 heteroatoms. The molecular weight excluding hydrogens is 432 g/mol. The summed E-state index contributed by atoms with van der Waals surface area (Å²) < 4.78 is 0. The number of hydrogen-bond acceptors (Lipinski definition) is 0. The van der Waals surface area contributed by atoms with E-state index >= 15 is 0 Å². The first-order valence-corrected chi connectivity index (χ1v) is 12.8. The van der Waals surface area contributed by atoms with E-state index in [1.54, 1.807) is 0 Å². The van der Waals surface area contributed by atoms with E-state index in [0.29, 0.717) is 0 Å². The van der Waals surface area contributed by atoms with Crippen LogP contribution >= 0.6 is 0 Å². The molecule has 1 aliphatic carbocycles. The molecule has 0 nitrogen and oxygen atoms in total. The Morgan fingerprint density at radius 3 is 2.03 bits per heavy atom. The van der Waals surface area contributed by atoms with Crippen molar-refractivity contribution < 1.29 is 0 Å². The predicted octanol–water partition coefficient (Wildman–Crippen LogP) is 7.91. The molecule has 0 fully saturated rings. The summed E-state index contributed by atoms with van der Waals surface area (Å²) in [6, 6.07) is 35.9. The van der Waals surface area contributed by atoms with Gasteiger partial charge in [0.05, 0.1) is 0 Å². The van der Waals surface area contributed by atoms with Crippen LogP contribution in [0.5, 0.6) is 0 Å². The first-order valence-electron chi connectivity index (χ1n) is 12.8. The standard InChI is InChI=1S/C36H30/c1-4-5-12-27-23-34(28-20-24(2)19-25(3)21-28)32-17-10-11-18-33(32)36(27)35-22-26-13-6-7-14-29(26)30-15-8-9-16-31(30)35/h4-22H,23H2,1-3H3/b5-4-,27-12+. The van der Waals surface area contributed by atoms with Gasteiger partial charge in [-0.2, -0.15) is 0 Å². The summed E-state index contributed by atoms with van der Waals surface area (Å²) in [7, 11) is 0. The van der Waals surface area contributed by atoms with Crippen molar-refractivity contribution in [3.05, 3.63) is 154 Å². The van der Waals surface area contributed by atoms with Crippen LogP contribution in [0, 0.1) is 13.8 Å². The molecule has 5 aromatic carbocycles. The molecule has 6 rings (SSSR count). The minimum atomic E-state index is 0.904. The molecule has 0 unspecified atom stereocenters.